The molecule has 2 aromatic heterocycles. The Morgan fingerprint density at radius 3 is 2.69 bits per heavy atom. The Morgan fingerprint density at radius 1 is 1.27 bits per heavy atom. The van der Waals surface area contributed by atoms with E-state index in [9.17, 15) is 4.79 Å². The van der Waals surface area contributed by atoms with Crippen molar-refractivity contribution in [3.05, 3.63) is 44.1 Å². The number of anilines is 1. The van der Waals surface area contributed by atoms with Gasteiger partial charge in [-0.2, -0.15) is 0 Å². The van der Waals surface area contributed by atoms with Crippen LogP contribution in [-0.4, -0.2) is 26.4 Å². The second kappa shape index (κ2) is 8.00. The number of thioether (sulfide) groups is 1. The summed E-state index contributed by atoms with van der Waals surface area (Å²) in [6.07, 6.45) is 0. The minimum atomic E-state index is -0.152. The lowest BCUT2D eigenvalue weighted by atomic mass is 10.2. The number of carbonyl (C=O) groups excluding carboxylic acids is 1. The molecule has 0 saturated carbocycles. The molecular formula is C17H16Cl2N4OS2. The van der Waals surface area contributed by atoms with E-state index in [-0.39, 0.29) is 11.7 Å². The van der Waals surface area contributed by atoms with E-state index in [1.54, 1.807) is 29.5 Å². The predicted molar refractivity (Wildman–Crippen MR) is 110 cm³/mol. The monoisotopic (exact) mass is 426 g/mol. The van der Waals surface area contributed by atoms with Gasteiger partial charge in [-0.3, -0.25) is 4.79 Å². The first-order chi connectivity index (χ1) is 12.4. The number of carbonyl (C=O) groups is 1. The molecule has 1 N–H and O–H groups in total. The fourth-order valence-corrected chi connectivity index (χ4v) is 4.18. The maximum atomic E-state index is 12.2. The van der Waals surface area contributed by atoms with Crippen LogP contribution in [0.15, 0.2) is 28.7 Å². The molecule has 0 aliphatic heterocycles. The molecular weight excluding hydrogens is 411 g/mol. The molecule has 136 valence electrons. The Balaban J connectivity index is 1.65. The first-order valence-corrected chi connectivity index (χ1v) is 10.3. The highest BCUT2D eigenvalue weighted by molar-refractivity contribution is 7.99. The van der Waals surface area contributed by atoms with Crippen LogP contribution in [-0.2, 0) is 11.8 Å². The van der Waals surface area contributed by atoms with Gasteiger partial charge in [0.15, 0.2) is 11.0 Å². The van der Waals surface area contributed by atoms with Gasteiger partial charge < -0.3 is 9.88 Å². The van der Waals surface area contributed by atoms with Crippen molar-refractivity contribution in [1.29, 1.82) is 0 Å². The molecule has 0 fully saturated rings. The lowest BCUT2D eigenvalue weighted by molar-refractivity contribution is -0.113. The van der Waals surface area contributed by atoms with Crippen molar-refractivity contribution in [2.24, 2.45) is 7.05 Å². The average molecular weight is 427 g/mol. The second-order valence-corrected chi connectivity index (χ2v) is 8.50. The van der Waals surface area contributed by atoms with Crippen molar-refractivity contribution in [2.75, 3.05) is 11.1 Å². The molecule has 1 aromatic carbocycles. The maximum absolute atomic E-state index is 12.2. The smallest absolute Gasteiger partial charge is 0.234 e. The summed E-state index contributed by atoms with van der Waals surface area (Å²) < 4.78 is 1.91. The van der Waals surface area contributed by atoms with Crippen LogP contribution < -0.4 is 5.32 Å². The molecule has 26 heavy (non-hydrogen) atoms. The highest BCUT2D eigenvalue weighted by Gasteiger charge is 2.16. The standard InChI is InChI=1S/C17H16Cl2N4OS2/c1-9-10(2)25-7-12(9)16-21-22-17(23(16)3)26-8-15(24)20-11-4-5-13(18)14(19)6-11/h4-7H,8H2,1-3H3,(H,20,24). The summed E-state index contributed by atoms with van der Waals surface area (Å²) in [5.74, 6) is 0.869. The Bertz CT molecular complexity index is 968. The van der Waals surface area contributed by atoms with Gasteiger partial charge in [0.05, 0.1) is 15.8 Å². The zero-order chi connectivity index (χ0) is 18.8. The molecule has 0 saturated heterocycles. The highest BCUT2D eigenvalue weighted by atomic mass is 35.5. The van der Waals surface area contributed by atoms with Crippen LogP contribution >= 0.6 is 46.3 Å². The molecule has 9 heteroatoms. The molecule has 5 nitrogen and oxygen atoms in total. The molecule has 0 unspecified atom stereocenters. The largest absolute Gasteiger partial charge is 0.325 e. The van der Waals surface area contributed by atoms with Crippen LogP contribution in [0, 0.1) is 13.8 Å². The van der Waals surface area contributed by atoms with Gasteiger partial charge in [0.2, 0.25) is 5.91 Å². The minimum absolute atomic E-state index is 0.152. The van der Waals surface area contributed by atoms with Crippen molar-refractivity contribution in [3.8, 4) is 11.4 Å². The number of rotatable bonds is 5. The summed E-state index contributed by atoms with van der Waals surface area (Å²) >= 11 is 14.9. The van der Waals surface area contributed by atoms with E-state index in [2.05, 4.69) is 34.7 Å². The number of aryl methyl sites for hydroxylation is 1. The van der Waals surface area contributed by atoms with Gasteiger partial charge in [-0.1, -0.05) is 35.0 Å². The van der Waals surface area contributed by atoms with Crippen LogP contribution in [0.2, 0.25) is 10.0 Å². The number of nitrogens with one attached hydrogen (secondary N) is 1. The molecule has 0 atom stereocenters. The number of aromatic nitrogens is 3. The zero-order valence-electron chi connectivity index (χ0n) is 14.3. The highest BCUT2D eigenvalue weighted by Crippen LogP contribution is 2.31. The van der Waals surface area contributed by atoms with Crippen LogP contribution in [0.3, 0.4) is 0 Å². The number of hydrogen-bond donors (Lipinski definition) is 1. The zero-order valence-corrected chi connectivity index (χ0v) is 17.5. The van der Waals surface area contributed by atoms with Gasteiger partial charge in [-0.05, 0) is 37.6 Å². The molecule has 3 aromatic rings. The summed E-state index contributed by atoms with van der Waals surface area (Å²) in [7, 11) is 1.90. The van der Waals surface area contributed by atoms with Crippen LogP contribution in [0.1, 0.15) is 10.4 Å². The third kappa shape index (κ3) is 4.06. The van der Waals surface area contributed by atoms with Crippen molar-refractivity contribution >= 4 is 57.9 Å². The summed E-state index contributed by atoms with van der Waals surface area (Å²) in [5.41, 5.74) is 2.89. The van der Waals surface area contributed by atoms with E-state index in [4.69, 9.17) is 23.2 Å². The van der Waals surface area contributed by atoms with Gasteiger partial charge in [0.25, 0.3) is 0 Å². The average Bonchev–Trinajstić information content (AvgIpc) is 3.12. The van der Waals surface area contributed by atoms with E-state index in [1.807, 2.05) is 11.6 Å². The normalized spacial score (nSPS) is 11.0. The van der Waals surface area contributed by atoms with Gasteiger partial charge >= 0.3 is 0 Å². The Morgan fingerprint density at radius 2 is 2.04 bits per heavy atom. The molecule has 3 rings (SSSR count). The Kier molecular flexibility index (Phi) is 5.92. The number of amides is 1. The lowest BCUT2D eigenvalue weighted by Crippen LogP contribution is -2.14. The molecule has 0 radical (unpaired) electrons. The lowest BCUT2D eigenvalue weighted by Gasteiger charge is -2.06. The molecule has 0 aliphatic carbocycles. The van der Waals surface area contributed by atoms with Gasteiger partial charge in [-0.15, -0.1) is 21.5 Å². The van der Waals surface area contributed by atoms with E-state index >= 15 is 0 Å². The van der Waals surface area contributed by atoms with Crippen molar-refractivity contribution in [3.63, 3.8) is 0 Å². The number of nitrogens with zero attached hydrogens (tertiary/aromatic N) is 3. The third-order valence-electron chi connectivity index (χ3n) is 3.90. The van der Waals surface area contributed by atoms with Crippen molar-refractivity contribution in [2.45, 2.75) is 19.0 Å². The quantitative estimate of drug-likeness (QED) is 0.569. The summed E-state index contributed by atoms with van der Waals surface area (Å²) in [6, 6.07) is 4.97. The molecule has 0 aliphatic rings. The van der Waals surface area contributed by atoms with Crippen LogP contribution in [0.25, 0.3) is 11.4 Å². The van der Waals surface area contributed by atoms with Gasteiger partial charge in [0.1, 0.15) is 0 Å². The summed E-state index contributed by atoms with van der Waals surface area (Å²) in [6.45, 7) is 4.16. The number of hydrogen-bond acceptors (Lipinski definition) is 5. The maximum Gasteiger partial charge on any atom is 0.234 e. The van der Waals surface area contributed by atoms with E-state index < -0.39 is 0 Å². The Hall–Kier alpha value is -1.54. The SMILES string of the molecule is Cc1scc(-c2nnc(SCC(=O)Nc3ccc(Cl)c(Cl)c3)n2C)c1C. The number of thiophene rings is 1. The Labute approximate surface area is 169 Å². The first-order valence-electron chi connectivity index (χ1n) is 7.69. The fourth-order valence-electron chi connectivity index (χ4n) is 2.31. The van der Waals surface area contributed by atoms with E-state index in [1.165, 1.54) is 22.2 Å². The minimum Gasteiger partial charge on any atom is -0.325 e. The van der Waals surface area contributed by atoms with E-state index in [0.29, 0.717) is 20.9 Å². The van der Waals surface area contributed by atoms with E-state index in [0.717, 1.165) is 11.4 Å². The molecule has 2 heterocycles. The molecule has 1 amide bonds. The van der Waals surface area contributed by atoms with Crippen molar-refractivity contribution in [1.82, 2.24) is 14.8 Å². The summed E-state index contributed by atoms with van der Waals surface area (Å²) in [4.78, 5) is 13.4. The van der Waals surface area contributed by atoms with Crippen molar-refractivity contribution < 1.29 is 4.79 Å². The van der Waals surface area contributed by atoms with Crippen LogP contribution in [0.5, 0.6) is 0 Å². The van der Waals surface area contributed by atoms with Gasteiger partial charge in [0, 0.05) is 28.6 Å². The predicted octanol–water partition coefficient (Wildman–Crippen LogP) is 5.20. The molecule has 0 spiro atoms. The number of halogens is 2. The third-order valence-corrected chi connectivity index (χ3v) is 6.67. The molecule has 0 bridgehead atoms. The van der Waals surface area contributed by atoms with Gasteiger partial charge in [-0.25, -0.2) is 0 Å². The fraction of sp³-hybridized carbons (Fsp3) is 0.235. The summed E-state index contributed by atoms with van der Waals surface area (Å²) in [5, 5.41) is 14.9. The topological polar surface area (TPSA) is 59.8 Å². The number of benzene rings is 1. The second-order valence-electron chi connectivity index (χ2n) is 5.66. The van der Waals surface area contributed by atoms with Crippen LogP contribution in [0.4, 0.5) is 5.69 Å². The first kappa shape index (κ1) is 19.2.